The first-order valence-electron chi connectivity index (χ1n) is 8.52. The van der Waals surface area contributed by atoms with E-state index in [-0.39, 0.29) is 5.91 Å². The topological polar surface area (TPSA) is 58.6 Å². The van der Waals surface area contributed by atoms with Gasteiger partial charge in [0.1, 0.15) is 12.4 Å². The van der Waals surface area contributed by atoms with Crippen LogP contribution in [0.15, 0.2) is 6.07 Å². The molecule has 1 aromatic rings. The quantitative estimate of drug-likeness (QED) is 0.828. The zero-order valence-electron chi connectivity index (χ0n) is 14.1. The number of amides is 1. The van der Waals surface area contributed by atoms with E-state index in [1.165, 1.54) is 25.7 Å². The fraction of sp³-hybridized carbons (Fsp3) is 0.706. The summed E-state index contributed by atoms with van der Waals surface area (Å²) in [5.74, 6) is 2.43. The van der Waals surface area contributed by atoms with Crippen LogP contribution in [-0.4, -0.2) is 54.1 Å². The fourth-order valence-corrected chi connectivity index (χ4v) is 3.57. The van der Waals surface area contributed by atoms with Gasteiger partial charge >= 0.3 is 0 Å². The molecule has 2 heterocycles. The van der Waals surface area contributed by atoms with Crippen LogP contribution in [0, 0.1) is 12.8 Å². The average Bonchev–Trinajstić information content (AvgIpc) is 3.02. The molecule has 126 valence electrons. The summed E-state index contributed by atoms with van der Waals surface area (Å²) in [5, 5.41) is 0. The highest BCUT2D eigenvalue weighted by atomic mass is 16.5. The maximum absolute atomic E-state index is 12.5. The maximum atomic E-state index is 12.5. The standard InChI is InChI=1S/C17H26N4O2/c1-13-9-16(19-15(18-13)12-23-2)20-7-8-21(17(22)11-20)10-14-5-3-4-6-14/h9,14H,3-8,10-12H2,1-2H3. The molecule has 0 aromatic carbocycles. The summed E-state index contributed by atoms with van der Waals surface area (Å²) in [7, 11) is 1.64. The van der Waals surface area contributed by atoms with Crippen molar-refractivity contribution in [3.8, 4) is 0 Å². The number of ether oxygens (including phenoxy) is 1. The Hall–Kier alpha value is -1.69. The van der Waals surface area contributed by atoms with Crippen LogP contribution in [0.25, 0.3) is 0 Å². The van der Waals surface area contributed by atoms with Gasteiger partial charge in [-0.1, -0.05) is 12.8 Å². The second-order valence-electron chi connectivity index (χ2n) is 6.63. The minimum absolute atomic E-state index is 0.215. The molecule has 23 heavy (non-hydrogen) atoms. The monoisotopic (exact) mass is 318 g/mol. The molecule has 2 fully saturated rings. The van der Waals surface area contributed by atoms with Crippen LogP contribution in [0.3, 0.4) is 0 Å². The minimum atomic E-state index is 0.215. The van der Waals surface area contributed by atoms with Gasteiger partial charge in [0, 0.05) is 38.5 Å². The number of hydrogen-bond donors (Lipinski definition) is 0. The van der Waals surface area contributed by atoms with Gasteiger partial charge in [-0.15, -0.1) is 0 Å². The van der Waals surface area contributed by atoms with Gasteiger partial charge in [0.15, 0.2) is 5.82 Å². The van der Waals surface area contributed by atoms with Crippen LogP contribution in [0.1, 0.15) is 37.2 Å². The molecule has 0 radical (unpaired) electrons. The fourth-order valence-electron chi connectivity index (χ4n) is 3.57. The van der Waals surface area contributed by atoms with Crippen molar-refractivity contribution < 1.29 is 9.53 Å². The number of nitrogens with zero attached hydrogens (tertiary/aromatic N) is 4. The SMILES string of the molecule is COCc1nc(C)cc(N2CCN(CC3CCCC3)C(=O)C2)n1. The normalized spacial score (nSPS) is 19.7. The largest absolute Gasteiger partial charge is 0.377 e. The molecule has 1 saturated carbocycles. The average molecular weight is 318 g/mol. The van der Waals surface area contributed by atoms with Gasteiger partial charge in [-0.25, -0.2) is 9.97 Å². The van der Waals surface area contributed by atoms with E-state index in [1.54, 1.807) is 7.11 Å². The number of carbonyl (C=O) groups is 1. The molecule has 0 N–H and O–H groups in total. The van der Waals surface area contributed by atoms with Crippen LogP contribution < -0.4 is 4.90 Å². The number of aromatic nitrogens is 2. The summed E-state index contributed by atoms with van der Waals surface area (Å²) in [6, 6.07) is 1.94. The van der Waals surface area contributed by atoms with Crippen molar-refractivity contribution in [3.05, 3.63) is 17.6 Å². The summed E-state index contributed by atoms with van der Waals surface area (Å²) in [6.45, 7) is 5.31. The molecule has 3 rings (SSSR count). The highest BCUT2D eigenvalue weighted by molar-refractivity contribution is 5.82. The lowest BCUT2D eigenvalue weighted by molar-refractivity contribution is -0.131. The molecule has 1 aliphatic carbocycles. The molecule has 0 unspecified atom stereocenters. The molecular weight excluding hydrogens is 292 g/mol. The molecule has 6 heteroatoms. The van der Waals surface area contributed by atoms with Crippen LogP contribution in [0.2, 0.25) is 0 Å². The van der Waals surface area contributed by atoms with Crippen LogP contribution in [0.5, 0.6) is 0 Å². The molecule has 1 amide bonds. The van der Waals surface area contributed by atoms with E-state index >= 15 is 0 Å². The molecular formula is C17H26N4O2. The second kappa shape index (κ2) is 7.25. The van der Waals surface area contributed by atoms with Gasteiger partial charge in [0.05, 0.1) is 6.54 Å². The first-order valence-corrected chi connectivity index (χ1v) is 8.52. The van der Waals surface area contributed by atoms with Gasteiger partial charge < -0.3 is 14.5 Å². The molecule has 0 atom stereocenters. The van der Waals surface area contributed by atoms with E-state index in [0.717, 1.165) is 31.1 Å². The number of rotatable bonds is 5. The minimum Gasteiger partial charge on any atom is -0.377 e. The Kier molecular flexibility index (Phi) is 5.10. The van der Waals surface area contributed by atoms with Crippen molar-refractivity contribution in [3.63, 3.8) is 0 Å². The van der Waals surface area contributed by atoms with Crippen LogP contribution in [0.4, 0.5) is 5.82 Å². The number of piperazine rings is 1. The Morgan fingerprint density at radius 2 is 2.04 bits per heavy atom. The summed E-state index contributed by atoms with van der Waals surface area (Å²) in [5.41, 5.74) is 0.905. The Bertz CT molecular complexity index is 558. The number of hydrogen-bond acceptors (Lipinski definition) is 5. The summed E-state index contributed by atoms with van der Waals surface area (Å²) in [6.07, 6.45) is 5.20. The number of methoxy groups -OCH3 is 1. The smallest absolute Gasteiger partial charge is 0.242 e. The Labute approximate surface area is 137 Å². The molecule has 6 nitrogen and oxygen atoms in total. The molecule has 1 saturated heterocycles. The van der Waals surface area contributed by atoms with Crippen molar-refractivity contribution in [2.75, 3.05) is 38.2 Å². The Morgan fingerprint density at radius 3 is 2.74 bits per heavy atom. The van der Waals surface area contributed by atoms with E-state index in [2.05, 4.69) is 14.9 Å². The maximum Gasteiger partial charge on any atom is 0.242 e. The van der Waals surface area contributed by atoms with Crippen molar-refractivity contribution in [1.82, 2.24) is 14.9 Å². The van der Waals surface area contributed by atoms with Crippen LogP contribution in [-0.2, 0) is 16.1 Å². The Balaban J connectivity index is 1.63. The molecule has 1 aromatic heterocycles. The van der Waals surface area contributed by atoms with Crippen molar-refractivity contribution in [1.29, 1.82) is 0 Å². The van der Waals surface area contributed by atoms with Crippen molar-refractivity contribution >= 4 is 11.7 Å². The summed E-state index contributed by atoms with van der Waals surface area (Å²) < 4.78 is 5.12. The van der Waals surface area contributed by atoms with Gasteiger partial charge in [0.25, 0.3) is 0 Å². The van der Waals surface area contributed by atoms with Crippen molar-refractivity contribution in [2.45, 2.75) is 39.2 Å². The zero-order valence-corrected chi connectivity index (χ0v) is 14.1. The summed E-state index contributed by atoms with van der Waals surface area (Å²) in [4.78, 5) is 25.5. The first-order chi connectivity index (χ1) is 11.2. The Morgan fingerprint density at radius 1 is 1.26 bits per heavy atom. The van der Waals surface area contributed by atoms with E-state index < -0.39 is 0 Å². The molecule has 1 aliphatic heterocycles. The van der Waals surface area contributed by atoms with E-state index in [4.69, 9.17) is 4.74 Å². The van der Waals surface area contributed by atoms with E-state index in [9.17, 15) is 4.79 Å². The number of carbonyl (C=O) groups excluding carboxylic acids is 1. The third-order valence-corrected chi connectivity index (χ3v) is 4.76. The van der Waals surface area contributed by atoms with Crippen molar-refractivity contribution in [2.24, 2.45) is 5.92 Å². The highest BCUT2D eigenvalue weighted by Gasteiger charge is 2.28. The van der Waals surface area contributed by atoms with Gasteiger partial charge in [0.2, 0.25) is 5.91 Å². The number of aryl methyl sites for hydroxylation is 1. The summed E-state index contributed by atoms with van der Waals surface area (Å²) >= 11 is 0. The van der Waals surface area contributed by atoms with Gasteiger partial charge in [-0.3, -0.25) is 4.79 Å². The molecule has 0 bridgehead atoms. The second-order valence-corrected chi connectivity index (χ2v) is 6.63. The predicted molar refractivity (Wildman–Crippen MR) is 88.2 cm³/mol. The lowest BCUT2D eigenvalue weighted by Gasteiger charge is -2.36. The lowest BCUT2D eigenvalue weighted by atomic mass is 10.1. The highest BCUT2D eigenvalue weighted by Crippen LogP contribution is 2.26. The third-order valence-electron chi connectivity index (χ3n) is 4.76. The third kappa shape index (κ3) is 3.99. The van der Waals surface area contributed by atoms with E-state index in [1.807, 2.05) is 17.9 Å². The van der Waals surface area contributed by atoms with Gasteiger partial charge in [-0.2, -0.15) is 0 Å². The zero-order chi connectivity index (χ0) is 16.2. The molecule has 2 aliphatic rings. The van der Waals surface area contributed by atoms with E-state index in [0.29, 0.717) is 24.9 Å². The van der Waals surface area contributed by atoms with Gasteiger partial charge in [-0.05, 0) is 25.7 Å². The number of anilines is 1. The predicted octanol–water partition coefficient (Wildman–Crippen LogP) is 1.77. The lowest BCUT2D eigenvalue weighted by Crippen LogP contribution is -2.51. The van der Waals surface area contributed by atoms with Crippen LogP contribution >= 0.6 is 0 Å². The first kappa shape index (κ1) is 16.2. The molecule has 0 spiro atoms.